The molecule has 88 valence electrons. The third-order valence-corrected chi connectivity index (χ3v) is 2.97. The molecule has 1 aromatic heterocycles. The van der Waals surface area contributed by atoms with Crippen LogP contribution in [0.4, 0.5) is 5.95 Å². The van der Waals surface area contributed by atoms with Crippen molar-refractivity contribution in [2.45, 2.75) is 32.7 Å². The molecular weight excluding hydrogens is 200 g/mol. The minimum absolute atomic E-state index is 0.592. The largest absolute Gasteiger partial charge is 0.342 e. The zero-order valence-corrected chi connectivity index (χ0v) is 10.3. The molecule has 1 aliphatic rings. The van der Waals surface area contributed by atoms with Gasteiger partial charge < -0.3 is 10.2 Å². The molecule has 1 atom stereocenters. The summed E-state index contributed by atoms with van der Waals surface area (Å²) in [4.78, 5) is 11.1. The fourth-order valence-electron chi connectivity index (χ4n) is 2.20. The first-order valence-corrected chi connectivity index (χ1v) is 5.92. The van der Waals surface area contributed by atoms with Crippen LogP contribution in [-0.2, 0) is 0 Å². The van der Waals surface area contributed by atoms with Gasteiger partial charge in [-0.15, -0.1) is 0 Å². The topological polar surface area (TPSA) is 41.1 Å². The van der Waals surface area contributed by atoms with Crippen molar-refractivity contribution in [3.63, 3.8) is 0 Å². The monoisotopic (exact) mass is 220 g/mol. The van der Waals surface area contributed by atoms with Crippen LogP contribution in [-0.4, -0.2) is 36.1 Å². The Morgan fingerprint density at radius 1 is 1.38 bits per heavy atom. The van der Waals surface area contributed by atoms with E-state index in [1.54, 1.807) is 0 Å². The predicted octanol–water partition coefficient (Wildman–Crippen LogP) is 1.28. The van der Waals surface area contributed by atoms with E-state index < -0.39 is 0 Å². The van der Waals surface area contributed by atoms with Gasteiger partial charge in [-0.05, 0) is 39.3 Å². The summed E-state index contributed by atoms with van der Waals surface area (Å²) >= 11 is 0. The van der Waals surface area contributed by atoms with Crippen molar-refractivity contribution < 1.29 is 0 Å². The average Bonchev–Trinajstić information content (AvgIpc) is 2.68. The lowest BCUT2D eigenvalue weighted by molar-refractivity contribution is 0.593. The van der Waals surface area contributed by atoms with Crippen LogP contribution in [0.1, 0.15) is 24.2 Å². The maximum Gasteiger partial charge on any atom is 0.225 e. The molecule has 2 heterocycles. The minimum Gasteiger partial charge on any atom is -0.342 e. The van der Waals surface area contributed by atoms with Gasteiger partial charge in [0.2, 0.25) is 5.95 Å². The molecule has 2 rings (SSSR count). The summed E-state index contributed by atoms with van der Waals surface area (Å²) < 4.78 is 0. The highest BCUT2D eigenvalue weighted by Crippen LogP contribution is 2.12. The van der Waals surface area contributed by atoms with Gasteiger partial charge in [0, 0.05) is 31.0 Å². The molecule has 4 nitrogen and oxygen atoms in total. The number of nitrogens with zero attached hydrogens (tertiary/aromatic N) is 3. The number of rotatable bonds is 3. The van der Waals surface area contributed by atoms with E-state index in [9.17, 15) is 0 Å². The summed E-state index contributed by atoms with van der Waals surface area (Å²) in [5.74, 6) is 0.839. The summed E-state index contributed by atoms with van der Waals surface area (Å²) in [7, 11) is 2.06. The van der Waals surface area contributed by atoms with Gasteiger partial charge >= 0.3 is 0 Å². The molecule has 0 spiro atoms. The summed E-state index contributed by atoms with van der Waals surface area (Å²) in [6.45, 7) is 6.16. The number of aryl methyl sites for hydroxylation is 2. The van der Waals surface area contributed by atoms with E-state index >= 15 is 0 Å². The molecule has 0 amide bonds. The Bertz CT molecular complexity index is 338. The molecular formula is C12H20N4. The molecule has 1 aliphatic heterocycles. The Kier molecular flexibility index (Phi) is 3.39. The Morgan fingerprint density at radius 2 is 2.06 bits per heavy atom. The second-order valence-electron chi connectivity index (χ2n) is 4.62. The van der Waals surface area contributed by atoms with E-state index in [2.05, 4.69) is 27.2 Å². The first-order chi connectivity index (χ1) is 7.65. The first kappa shape index (κ1) is 11.3. The lowest BCUT2D eigenvalue weighted by Crippen LogP contribution is -2.36. The van der Waals surface area contributed by atoms with Gasteiger partial charge in [0.25, 0.3) is 0 Å². The molecule has 1 N–H and O–H groups in total. The third kappa shape index (κ3) is 2.70. The predicted molar refractivity (Wildman–Crippen MR) is 65.8 cm³/mol. The van der Waals surface area contributed by atoms with E-state index in [-0.39, 0.29) is 0 Å². The molecule has 0 bridgehead atoms. The van der Waals surface area contributed by atoms with Gasteiger partial charge in [-0.1, -0.05) is 0 Å². The van der Waals surface area contributed by atoms with Crippen LogP contribution >= 0.6 is 0 Å². The Hall–Kier alpha value is -1.16. The highest BCUT2D eigenvalue weighted by Gasteiger charge is 2.17. The summed E-state index contributed by atoms with van der Waals surface area (Å²) in [6, 6.07) is 2.60. The molecule has 1 saturated heterocycles. The quantitative estimate of drug-likeness (QED) is 0.833. The smallest absolute Gasteiger partial charge is 0.225 e. The third-order valence-electron chi connectivity index (χ3n) is 2.97. The Morgan fingerprint density at radius 3 is 2.62 bits per heavy atom. The zero-order chi connectivity index (χ0) is 11.5. The zero-order valence-electron chi connectivity index (χ0n) is 10.3. The second-order valence-corrected chi connectivity index (χ2v) is 4.62. The van der Waals surface area contributed by atoms with Gasteiger partial charge in [0.15, 0.2) is 0 Å². The van der Waals surface area contributed by atoms with E-state index in [4.69, 9.17) is 0 Å². The van der Waals surface area contributed by atoms with Gasteiger partial charge in [-0.25, -0.2) is 9.97 Å². The molecule has 0 aromatic carbocycles. The number of anilines is 1. The van der Waals surface area contributed by atoms with E-state index in [0.717, 1.165) is 30.4 Å². The van der Waals surface area contributed by atoms with Gasteiger partial charge in [-0.2, -0.15) is 0 Å². The Balaban J connectivity index is 2.04. The first-order valence-electron chi connectivity index (χ1n) is 5.92. The number of nitrogens with one attached hydrogen (secondary N) is 1. The van der Waals surface area contributed by atoms with Gasteiger partial charge in [0.1, 0.15) is 0 Å². The van der Waals surface area contributed by atoms with Crippen LogP contribution in [0.5, 0.6) is 0 Å². The van der Waals surface area contributed by atoms with Crippen LogP contribution in [0, 0.1) is 13.8 Å². The van der Waals surface area contributed by atoms with Gasteiger partial charge in [-0.3, -0.25) is 0 Å². The van der Waals surface area contributed by atoms with Crippen molar-refractivity contribution >= 4 is 5.95 Å². The minimum atomic E-state index is 0.592. The lowest BCUT2D eigenvalue weighted by Gasteiger charge is -2.21. The van der Waals surface area contributed by atoms with Crippen molar-refractivity contribution in [3.8, 4) is 0 Å². The molecule has 1 fully saturated rings. The fraction of sp³-hybridized carbons (Fsp3) is 0.667. The highest BCUT2D eigenvalue weighted by molar-refractivity contribution is 5.31. The number of likely N-dealkylation sites (N-methyl/N-ethyl adjacent to an activating group) is 1. The standard InChI is InChI=1S/C12H20N4/c1-9-7-10(2)15-12(14-9)16(3)8-11-5-4-6-13-11/h7,11,13H,4-6,8H2,1-3H3. The average molecular weight is 220 g/mol. The van der Waals surface area contributed by atoms with Crippen LogP contribution in [0.25, 0.3) is 0 Å². The van der Waals surface area contributed by atoms with Crippen molar-refractivity contribution in [2.24, 2.45) is 0 Å². The molecule has 1 aromatic rings. The molecule has 0 aliphatic carbocycles. The fourth-order valence-corrected chi connectivity index (χ4v) is 2.20. The van der Waals surface area contributed by atoms with Crippen LogP contribution < -0.4 is 10.2 Å². The lowest BCUT2D eigenvalue weighted by atomic mass is 10.2. The summed E-state index contributed by atoms with van der Waals surface area (Å²) in [5.41, 5.74) is 2.07. The molecule has 4 heteroatoms. The maximum atomic E-state index is 4.46. The maximum absolute atomic E-state index is 4.46. The van der Waals surface area contributed by atoms with E-state index in [1.807, 2.05) is 19.9 Å². The number of hydrogen-bond donors (Lipinski definition) is 1. The van der Waals surface area contributed by atoms with Crippen LogP contribution in [0.3, 0.4) is 0 Å². The molecule has 0 saturated carbocycles. The summed E-state index contributed by atoms with van der Waals surface area (Å²) in [6.07, 6.45) is 2.54. The van der Waals surface area contributed by atoms with Crippen LogP contribution in [0.15, 0.2) is 6.07 Å². The normalized spacial score (nSPS) is 20.1. The highest BCUT2D eigenvalue weighted by atomic mass is 15.2. The van der Waals surface area contributed by atoms with Crippen molar-refractivity contribution in [1.82, 2.24) is 15.3 Å². The van der Waals surface area contributed by atoms with E-state index in [0.29, 0.717) is 6.04 Å². The van der Waals surface area contributed by atoms with Crippen molar-refractivity contribution in [2.75, 3.05) is 25.0 Å². The SMILES string of the molecule is Cc1cc(C)nc(N(C)CC2CCCN2)n1. The van der Waals surface area contributed by atoms with Crippen LogP contribution in [0.2, 0.25) is 0 Å². The number of aromatic nitrogens is 2. The van der Waals surface area contributed by atoms with Crippen molar-refractivity contribution in [3.05, 3.63) is 17.5 Å². The number of hydrogen-bond acceptors (Lipinski definition) is 4. The molecule has 1 unspecified atom stereocenters. The van der Waals surface area contributed by atoms with Crippen molar-refractivity contribution in [1.29, 1.82) is 0 Å². The summed E-state index contributed by atoms with van der Waals surface area (Å²) in [5, 5.41) is 3.49. The molecule has 0 radical (unpaired) electrons. The second kappa shape index (κ2) is 4.78. The molecule has 16 heavy (non-hydrogen) atoms. The van der Waals surface area contributed by atoms with Gasteiger partial charge in [0.05, 0.1) is 0 Å². The van der Waals surface area contributed by atoms with E-state index in [1.165, 1.54) is 12.8 Å². The Labute approximate surface area is 97.1 Å².